The summed E-state index contributed by atoms with van der Waals surface area (Å²) in [6, 6.07) is 11.4. The van der Waals surface area contributed by atoms with Crippen LogP contribution in [0, 0.1) is 0 Å². The Morgan fingerprint density at radius 3 is 3.07 bits per heavy atom. The van der Waals surface area contributed by atoms with Gasteiger partial charge < -0.3 is 19.4 Å². The van der Waals surface area contributed by atoms with Crippen LogP contribution in [0.2, 0.25) is 0 Å². The Hall–Kier alpha value is -3.09. The number of nitrogens with zero attached hydrogens (tertiary/aromatic N) is 3. The van der Waals surface area contributed by atoms with Gasteiger partial charge in [0.1, 0.15) is 5.52 Å². The van der Waals surface area contributed by atoms with Crippen molar-refractivity contribution in [1.82, 2.24) is 20.2 Å². The van der Waals surface area contributed by atoms with Crippen molar-refractivity contribution in [2.75, 3.05) is 20.2 Å². The molecule has 2 amide bonds. The van der Waals surface area contributed by atoms with E-state index in [0.717, 1.165) is 36.0 Å². The Kier molecular flexibility index (Phi) is 4.91. The number of pyridine rings is 1. The number of benzene rings is 1. The lowest BCUT2D eigenvalue weighted by atomic mass is 9.98. The quantitative estimate of drug-likeness (QED) is 0.766. The van der Waals surface area contributed by atoms with Gasteiger partial charge in [0, 0.05) is 31.4 Å². The van der Waals surface area contributed by atoms with Crippen LogP contribution in [0.4, 0.5) is 4.79 Å². The van der Waals surface area contributed by atoms with E-state index in [9.17, 15) is 4.79 Å². The minimum atomic E-state index is -0.0956. The molecule has 1 fully saturated rings. The number of methoxy groups -OCH3 is 1. The summed E-state index contributed by atoms with van der Waals surface area (Å²) in [7, 11) is 1.57. The Balaban J connectivity index is 1.40. The Labute approximate surface area is 157 Å². The predicted octanol–water partition coefficient (Wildman–Crippen LogP) is 3.32. The number of para-hydroxylation sites is 2. The molecule has 0 unspecified atom stereocenters. The van der Waals surface area contributed by atoms with Gasteiger partial charge in [-0.1, -0.05) is 18.2 Å². The summed E-state index contributed by atoms with van der Waals surface area (Å²) in [5.74, 6) is 1.35. The number of amides is 2. The second kappa shape index (κ2) is 7.65. The fraction of sp³-hybridized carbons (Fsp3) is 0.350. The van der Waals surface area contributed by atoms with Gasteiger partial charge in [-0.3, -0.25) is 0 Å². The molecule has 1 aliphatic rings. The lowest BCUT2D eigenvalue weighted by Crippen LogP contribution is -2.44. The fourth-order valence-corrected chi connectivity index (χ4v) is 3.45. The van der Waals surface area contributed by atoms with Gasteiger partial charge in [0.25, 0.3) is 0 Å². The second-order valence-corrected chi connectivity index (χ2v) is 6.64. The van der Waals surface area contributed by atoms with E-state index in [0.29, 0.717) is 24.9 Å². The SMILES string of the molecule is COc1ncccc1CNC(=O)N1CCC[C@H](c2nc3ccccc3o2)C1. The minimum Gasteiger partial charge on any atom is -0.481 e. The standard InChI is InChI=1S/C20H22N4O3/c1-26-18-14(6-4-10-21-18)12-22-20(25)24-11-5-7-15(13-24)19-23-16-8-2-3-9-17(16)27-19/h2-4,6,8-10,15H,5,7,11-13H2,1H3,(H,22,25)/t15-/m0/s1. The van der Waals surface area contributed by atoms with Gasteiger partial charge in [0.05, 0.1) is 13.0 Å². The summed E-state index contributed by atoms with van der Waals surface area (Å²) < 4.78 is 11.1. The van der Waals surface area contributed by atoms with Crippen molar-refractivity contribution in [3.63, 3.8) is 0 Å². The Morgan fingerprint density at radius 1 is 1.33 bits per heavy atom. The van der Waals surface area contributed by atoms with Crippen LogP contribution in [0.3, 0.4) is 0 Å². The second-order valence-electron chi connectivity index (χ2n) is 6.64. The van der Waals surface area contributed by atoms with Crippen molar-refractivity contribution in [2.24, 2.45) is 0 Å². The first-order chi connectivity index (χ1) is 13.2. The molecule has 0 aliphatic carbocycles. The molecule has 0 saturated carbocycles. The number of carbonyl (C=O) groups excluding carboxylic acids is 1. The highest BCUT2D eigenvalue weighted by Gasteiger charge is 2.28. The number of carbonyl (C=O) groups is 1. The fourth-order valence-electron chi connectivity index (χ4n) is 3.45. The molecule has 140 valence electrons. The van der Waals surface area contributed by atoms with Crippen LogP contribution in [0.5, 0.6) is 5.88 Å². The Bertz CT molecular complexity index is 907. The number of hydrogen-bond acceptors (Lipinski definition) is 5. The lowest BCUT2D eigenvalue weighted by molar-refractivity contribution is 0.174. The molecular weight excluding hydrogens is 344 g/mol. The molecule has 1 N–H and O–H groups in total. The lowest BCUT2D eigenvalue weighted by Gasteiger charge is -2.31. The highest BCUT2D eigenvalue weighted by atomic mass is 16.5. The highest BCUT2D eigenvalue weighted by Crippen LogP contribution is 2.29. The van der Waals surface area contributed by atoms with Gasteiger partial charge in [-0.2, -0.15) is 0 Å². The van der Waals surface area contributed by atoms with E-state index < -0.39 is 0 Å². The normalized spacial score (nSPS) is 17.1. The third kappa shape index (κ3) is 3.72. The van der Waals surface area contributed by atoms with Gasteiger partial charge >= 0.3 is 6.03 Å². The van der Waals surface area contributed by atoms with Crippen LogP contribution in [0.1, 0.15) is 30.2 Å². The van der Waals surface area contributed by atoms with E-state index >= 15 is 0 Å². The van der Waals surface area contributed by atoms with Crippen molar-refractivity contribution in [2.45, 2.75) is 25.3 Å². The molecule has 2 aromatic heterocycles. The highest BCUT2D eigenvalue weighted by molar-refractivity contribution is 5.74. The van der Waals surface area contributed by atoms with Gasteiger partial charge in [0.15, 0.2) is 11.5 Å². The van der Waals surface area contributed by atoms with Crippen LogP contribution in [-0.4, -0.2) is 41.1 Å². The smallest absolute Gasteiger partial charge is 0.317 e. The molecule has 0 spiro atoms. The maximum Gasteiger partial charge on any atom is 0.317 e. The molecule has 7 nitrogen and oxygen atoms in total. The summed E-state index contributed by atoms with van der Waals surface area (Å²) in [5, 5.41) is 2.96. The first-order valence-corrected chi connectivity index (χ1v) is 9.10. The van der Waals surface area contributed by atoms with Crippen LogP contribution in [0.25, 0.3) is 11.1 Å². The average Bonchev–Trinajstić information content (AvgIpc) is 3.16. The summed E-state index contributed by atoms with van der Waals surface area (Å²) in [4.78, 5) is 23.2. The molecule has 3 aromatic rings. The van der Waals surface area contributed by atoms with Crippen molar-refractivity contribution >= 4 is 17.1 Å². The van der Waals surface area contributed by atoms with E-state index in [2.05, 4.69) is 15.3 Å². The number of rotatable bonds is 4. The molecular formula is C20H22N4O3. The molecule has 1 saturated heterocycles. The molecule has 0 radical (unpaired) electrons. The number of likely N-dealkylation sites (tertiary alicyclic amines) is 1. The van der Waals surface area contributed by atoms with Crippen LogP contribution in [-0.2, 0) is 6.54 Å². The molecule has 1 aliphatic heterocycles. The van der Waals surface area contributed by atoms with Crippen molar-refractivity contribution in [1.29, 1.82) is 0 Å². The molecule has 1 aromatic carbocycles. The zero-order valence-electron chi connectivity index (χ0n) is 15.2. The third-order valence-corrected chi connectivity index (χ3v) is 4.84. The van der Waals surface area contributed by atoms with E-state index in [1.165, 1.54) is 0 Å². The molecule has 27 heavy (non-hydrogen) atoms. The number of oxazole rings is 1. The van der Waals surface area contributed by atoms with Crippen LogP contribution >= 0.6 is 0 Å². The zero-order valence-corrected chi connectivity index (χ0v) is 15.2. The van der Waals surface area contributed by atoms with Crippen molar-refractivity contribution < 1.29 is 13.9 Å². The van der Waals surface area contributed by atoms with Gasteiger partial charge in [-0.05, 0) is 31.0 Å². The van der Waals surface area contributed by atoms with Gasteiger partial charge in [0.2, 0.25) is 5.88 Å². The number of nitrogens with one attached hydrogen (secondary N) is 1. The summed E-state index contributed by atoms with van der Waals surface area (Å²) in [5.41, 5.74) is 2.50. The largest absolute Gasteiger partial charge is 0.481 e. The summed E-state index contributed by atoms with van der Waals surface area (Å²) in [6.45, 7) is 1.70. The maximum atomic E-state index is 12.6. The summed E-state index contributed by atoms with van der Waals surface area (Å²) in [6.07, 6.45) is 3.56. The number of aromatic nitrogens is 2. The van der Waals surface area contributed by atoms with Crippen LogP contribution < -0.4 is 10.1 Å². The predicted molar refractivity (Wildman–Crippen MR) is 101 cm³/mol. The van der Waals surface area contributed by atoms with Gasteiger partial charge in [-0.15, -0.1) is 0 Å². The average molecular weight is 366 g/mol. The number of hydrogen-bond donors (Lipinski definition) is 1. The molecule has 3 heterocycles. The molecule has 1 atom stereocenters. The van der Waals surface area contributed by atoms with E-state index in [1.807, 2.05) is 41.3 Å². The number of fused-ring (bicyclic) bond motifs is 1. The molecule has 4 rings (SSSR count). The van der Waals surface area contributed by atoms with E-state index in [4.69, 9.17) is 9.15 Å². The molecule has 0 bridgehead atoms. The van der Waals surface area contributed by atoms with Crippen LogP contribution in [0.15, 0.2) is 47.0 Å². The first kappa shape index (κ1) is 17.3. The zero-order chi connectivity index (χ0) is 18.6. The van der Waals surface area contributed by atoms with Crippen molar-refractivity contribution in [3.05, 3.63) is 54.0 Å². The van der Waals surface area contributed by atoms with E-state index in [1.54, 1.807) is 13.3 Å². The topological polar surface area (TPSA) is 80.5 Å². The first-order valence-electron chi connectivity index (χ1n) is 9.10. The Morgan fingerprint density at radius 2 is 2.22 bits per heavy atom. The minimum absolute atomic E-state index is 0.0956. The monoisotopic (exact) mass is 366 g/mol. The summed E-state index contributed by atoms with van der Waals surface area (Å²) >= 11 is 0. The number of piperidine rings is 1. The molecule has 7 heteroatoms. The third-order valence-electron chi connectivity index (χ3n) is 4.84. The van der Waals surface area contributed by atoms with Gasteiger partial charge in [-0.25, -0.2) is 14.8 Å². The number of ether oxygens (including phenoxy) is 1. The number of urea groups is 1. The van der Waals surface area contributed by atoms with E-state index in [-0.39, 0.29) is 11.9 Å². The maximum absolute atomic E-state index is 12.6. The van der Waals surface area contributed by atoms with Crippen molar-refractivity contribution in [3.8, 4) is 5.88 Å².